The molecule has 0 amide bonds. The Bertz CT molecular complexity index is 825. The van der Waals surface area contributed by atoms with E-state index in [0.29, 0.717) is 6.54 Å². The highest BCUT2D eigenvalue weighted by Gasteiger charge is 2.08. The minimum Gasteiger partial charge on any atom is -0.467 e. The second-order valence-electron chi connectivity index (χ2n) is 6.24. The number of benzene rings is 1. The summed E-state index contributed by atoms with van der Waals surface area (Å²) in [6.45, 7) is 6.17. The van der Waals surface area contributed by atoms with Gasteiger partial charge in [-0.25, -0.2) is 4.99 Å². The van der Waals surface area contributed by atoms with Crippen LogP contribution in [0.5, 0.6) is 0 Å². The highest BCUT2D eigenvalue weighted by atomic mass is 16.3. The first kappa shape index (κ1) is 18.7. The molecular formula is C20H26N6O. The van der Waals surface area contributed by atoms with Crippen LogP contribution >= 0.6 is 0 Å². The van der Waals surface area contributed by atoms with Crippen molar-refractivity contribution in [2.24, 2.45) is 4.99 Å². The van der Waals surface area contributed by atoms with Crippen LogP contribution < -0.4 is 10.6 Å². The third kappa shape index (κ3) is 5.44. The maximum absolute atomic E-state index is 5.38. The first-order chi connectivity index (χ1) is 13.3. The molecule has 0 aliphatic heterocycles. The Morgan fingerprint density at radius 3 is 2.81 bits per heavy atom. The Kier molecular flexibility index (Phi) is 6.62. The third-order valence-corrected chi connectivity index (χ3v) is 4.28. The minimum absolute atomic E-state index is 0.134. The van der Waals surface area contributed by atoms with Gasteiger partial charge in [0.05, 0.1) is 12.3 Å². The maximum Gasteiger partial charge on any atom is 0.192 e. The van der Waals surface area contributed by atoms with Crippen LogP contribution in [0, 0.1) is 0 Å². The normalized spacial score (nSPS) is 12.7. The van der Waals surface area contributed by atoms with E-state index in [2.05, 4.69) is 56.4 Å². The van der Waals surface area contributed by atoms with E-state index in [1.807, 2.05) is 30.3 Å². The van der Waals surface area contributed by atoms with Crippen molar-refractivity contribution < 1.29 is 4.42 Å². The van der Waals surface area contributed by atoms with Crippen molar-refractivity contribution in [3.05, 3.63) is 72.2 Å². The molecule has 2 aromatic heterocycles. The van der Waals surface area contributed by atoms with E-state index in [0.717, 1.165) is 37.1 Å². The zero-order valence-electron chi connectivity index (χ0n) is 15.8. The Hall–Kier alpha value is -3.09. The lowest BCUT2D eigenvalue weighted by Gasteiger charge is -2.19. The zero-order chi connectivity index (χ0) is 18.9. The summed E-state index contributed by atoms with van der Waals surface area (Å²) in [7, 11) is 0. The topological polar surface area (TPSA) is 80.3 Å². The number of hydrogen-bond donors (Lipinski definition) is 2. The van der Waals surface area contributed by atoms with Crippen molar-refractivity contribution in [2.45, 2.75) is 39.4 Å². The van der Waals surface area contributed by atoms with Crippen molar-refractivity contribution in [2.75, 3.05) is 6.54 Å². The van der Waals surface area contributed by atoms with Gasteiger partial charge in [-0.1, -0.05) is 37.3 Å². The molecule has 2 heterocycles. The third-order valence-electron chi connectivity index (χ3n) is 4.28. The Balaban J connectivity index is 1.62. The molecule has 1 unspecified atom stereocenters. The van der Waals surface area contributed by atoms with Crippen molar-refractivity contribution in [3.8, 4) is 0 Å². The molecule has 3 aromatic rings. The van der Waals surface area contributed by atoms with Crippen LogP contribution in [0.1, 0.15) is 37.0 Å². The molecule has 0 spiro atoms. The van der Waals surface area contributed by atoms with Crippen LogP contribution in [0.2, 0.25) is 0 Å². The van der Waals surface area contributed by atoms with Crippen LogP contribution in [0.3, 0.4) is 0 Å². The fraction of sp³-hybridized carbons (Fsp3) is 0.350. The van der Waals surface area contributed by atoms with Crippen LogP contribution in [-0.2, 0) is 19.5 Å². The number of aromatic nitrogens is 3. The average molecular weight is 366 g/mol. The van der Waals surface area contributed by atoms with Crippen LogP contribution in [-0.4, -0.2) is 27.3 Å². The van der Waals surface area contributed by atoms with E-state index in [4.69, 9.17) is 4.42 Å². The van der Waals surface area contributed by atoms with Gasteiger partial charge in [-0.2, -0.15) is 0 Å². The van der Waals surface area contributed by atoms with Gasteiger partial charge in [0.25, 0.3) is 0 Å². The van der Waals surface area contributed by atoms with Gasteiger partial charge in [0.1, 0.15) is 24.5 Å². The molecule has 0 saturated carbocycles. The standard InChI is InChI=1S/C20H26N6O/c1-3-19-25-23-15-26(19)12-11-21-20(22-14-18-10-7-13-27-18)24-16(2)17-8-5-4-6-9-17/h4-10,13,15-16H,3,11-12,14H2,1-2H3,(H2,21,22,24). The number of guanidine groups is 1. The molecule has 0 aliphatic carbocycles. The van der Waals surface area contributed by atoms with Crippen LogP contribution in [0.25, 0.3) is 0 Å². The van der Waals surface area contributed by atoms with Crippen molar-refractivity contribution in [3.63, 3.8) is 0 Å². The lowest BCUT2D eigenvalue weighted by atomic mass is 10.1. The number of nitrogens with zero attached hydrogens (tertiary/aromatic N) is 4. The number of aryl methyl sites for hydroxylation is 1. The summed E-state index contributed by atoms with van der Waals surface area (Å²) in [6, 6.07) is 14.2. The molecule has 1 atom stereocenters. The second kappa shape index (κ2) is 9.56. The molecule has 7 nitrogen and oxygen atoms in total. The van der Waals surface area contributed by atoms with E-state index < -0.39 is 0 Å². The fourth-order valence-electron chi connectivity index (χ4n) is 2.78. The molecule has 0 radical (unpaired) electrons. The summed E-state index contributed by atoms with van der Waals surface area (Å²) in [5.41, 5.74) is 1.21. The lowest BCUT2D eigenvalue weighted by Crippen LogP contribution is -2.40. The summed E-state index contributed by atoms with van der Waals surface area (Å²) >= 11 is 0. The summed E-state index contributed by atoms with van der Waals surface area (Å²) < 4.78 is 7.44. The Labute approximate surface area is 159 Å². The van der Waals surface area contributed by atoms with Crippen molar-refractivity contribution in [1.29, 1.82) is 0 Å². The SMILES string of the molecule is CCc1nncn1CCNC(=NCc1ccco1)NC(C)c1ccccc1. The van der Waals surface area contributed by atoms with Crippen molar-refractivity contribution >= 4 is 5.96 Å². The fourth-order valence-corrected chi connectivity index (χ4v) is 2.78. The molecule has 0 fully saturated rings. The lowest BCUT2D eigenvalue weighted by molar-refractivity contribution is 0.511. The Morgan fingerprint density at radius 1 is 1.22 bits per heavy atom. The zero-order valence-corrected chi connectivity index (χ0v) is 15.8. The van der Waals surface area contributed by atoms with Crippen molar-refractivity contribution in [1.82, 2.24) is 25.4 Å². The van der Waals surface area contributed by atoms with Gasteiger partial charge in [0.15, 0.2) is 5.96 Å². The quantitative estimate of drug-likeness (QED) is 0.473. The predicted octanol–water partition coefficient (Wildman–Crippen LogP) is 2.93. The number of rotatable bonds is 8. The summed E-state index contributed by atoms with van der Waals surface area (Å²) in [5.74, 6) is 2.56. The average Bonchev–Trinajstić information content (AvgIpc) is 3.38. The van der Waals surface area contributed by atoms with Gasteiger partial charge in [-0.15, -0.1) is 10.2 Å². The molecule has 1 aromatic carbocycles. The van der Waals surface area contributed by atoms with E-state index >= 15 is 0 Å². The van der Waals surface area contributed by atoms with E-state index in [9.17, 15) is 0 Å². The molecule has 3 rings (SSSR count). The highest BCUT2D eigenvalue weighted by molar-refractivity contribution is 5.80. The molecule has 27 heavy (non-hydrogen) atoms. The number of furan rings is 1. The van der Waals surface area contributed by atoms with Crippen LogP contribution in [0.15, 0.2) is 64.5 Å². The monoisotopic (exact) mass is 366 g/mol. The number of nitrogens with one attached hydrogen (secondary N) is 2. The van der Waals surface area contributed by atoms with Crippen LogP contribution in [0.4, 0.5) is 0 Å². The van der Waals surface area contributed by atoms with E-state index in [1.165, 1.54) is 5.56 Å². The number of hydrogen-bond acceptors (Lipinski definition) is 4. The molecular weight excluding hydrogens is 340 g/mol. The largest absolute Gasteiger partial charge is 0.467 e. The summed E-state index contributed by atoms with van der Waals surface area (Å²) in [6.07, 6.45) is 4.29. The molecule has 2 N–H and O–H groups in total. The van der Waals surface area contributed by atoms with Gasteiger partial charge >= 0.3 is 0 Å². The summed E-state index contributed by atoms with van der Waals surface area (Å²) in [5, 5.41) is 14.9. The first-order valence-electron chi connectivity index (χ1n) is 9.25. The van der Waals surface area contributed by atoms with Gasteiger partial charge in [0.2, 0.25) is 0 Å². The molecule has 7 heteroatoms. The molecule has 0 bridgehead atoms. The number of aliphatic imine (C=N–C) groups is 1. The minimum atomic E-state index is 0.134. The molecule has 0 aliphatic rings. The van der Waals surface area contributed by atoms with Gasteiger partial charge in [-0.3, -0.25) is 0 Å². The van der Waals surface area contributed by atoms with E-state index in [1.54, 1.807) is 12.6 Å². The smallest absolute Gasteiger partial charge is 0.192 e. The predicted molar refractivity (Wildman–Crippen MR) is 105 cm³/mol. The van der Waals surface area contributed by atoms with Gasteiger partial charge in [0, 0.05) is 19.5 Å². The first-order valence-corrected chi connectivity index (χ1v) is 9.25. The molecule has 0 saturated heterocycles. The Morgan fingerprint density at radius 2 is 2.07 bits per heavy atom. The van der Waals surface area contributed by atoms with Gasteiger partial charge in [-0.05, 0) is 24.6 Å². The van der Waals surface area contributed by atoms with E-state index in [-0.39, 0.29) is 6.04 Å². The van der Waals surface area contributed by atoms with Gasteiger partial charge < -0.3 is 19.6 Å². The highest BCUT2D eigenvalue weighted by Crippen LogP contribution is 2.11. The summed E-state index contributed by atoms with van der Waals surface area (Å²) in [4.78, 5) is 4.65. The maximum atomic E-state index is 5.38. The molecule has 142 valence electrons. The second-order valence-corrected chi connectivity index (χ2v) is 6.24.